The summed E-state index contributed by atoms with van der Waals surface area (Å²) in [6, 6.07) is 0. The first-order valence-electron chi connectivity index (χ1n) is 5.01. The van der Waals surface area contributed by atoms with Crippen LogP contribution < -0.4 is 0 Å². The normalized spacial score (nSPS) is 11.8. The van der Waals surface area contributed by atoms with Gasteiger partial charge in [-0.05, 0) is 6.08 Å². The number of rotatable bonds is 5. The molecule has 0 unspecified atom stereocenters. The minimum absolute atomic E-state index is 0.138. The Morgan fingerprint density at radius 1 is 1.50 bits per heavy atom. The van der Waals surface area contributed by atoms with Crippen molar-refractivity contribution >= 4 is 34.9 Å². The lowest BCUT2D eigenvalue weighted by molar-refractivity contribution is 0.0687. The Labute approximate surface area is 108 Å². The number of thiazole rings is 1. The van der Waals surface area contributed by atoms with Gasteiger partial charge < -0.3 is 5.11 Å². The average Bonchev–Trinajstić information content (AvgIpc) is 2.75. The van der Waals surface area contributed by atoms with Gasteiger partial charge >= 0.3 is 5.97 Å². The highest BCUT2D eigenvalue weighted by Gasteiger charge is 2.21. The first kappa shape index (κ1) is 14.0. The Hall–Kier alpha value is -2.08. The molecule has 0 atom stereocenters. The largest absolute Gasteiger partial charge is 0.476 e. The number of allylic oxidation sites excluding steroid dienone is 3. The number of hydrogen-bond donors (Lipinski definition) is 1. The van der Waals surface area contributed by atoms with Crippen molar-refractivity contribution in [2.24, 2.45) is 4.99 Å². The molecule has 0 amide bonds. The zero-order valence-electron chi connectivity index (χ0n) is 10.0. The molecular weight excluding hydrogens is 252 g/mol. The summed E-state index contributed by atoms with van der Waals surface area (Å²) < 4.78 is 0. The number of hydrogen-bond acceptors (Lipinski definition) is 5. The van der Waals surface area contributed by atoms with E-state index < -0.39 is 5.97 Å². The lowest BCUT2D eigenvalue weighted by Crippen LogP contribution is -2.03. The van der Waals surface area contributed by atoms with E-state index in [2.05, 4.69) is 16.6 Å². The van der Waals surface area contributed by atoms with E-state index in [9.17, 15) is 9.59 Å². The van der Waals surface area contributed by atoms with E-state index in [0.717, 1.165) is 11.3 Å². The fraction of sp³-hybridized carbons (Fsp3) is 0.167. The van der Waals surface area contributed by atoms with E-state index in [1.54, 1.807) is 19.3 Å². The van der Waals surface area contributed by atoms with E-state index in [-0.39, 0.29) is 16.4 Å². The molecule has 0 radical (unpaired) electrons. The number of ketones is 1. The number of carbonyl (C=O) groups is 2. The number of carboxylic acids is 1. The summed E-state index contributed by atoms with van der Waals surface area (Å²) in [4.78, 5) is 30.2. The van der Waals surface area contributed by atoms with Gasteiger partial charge in [0.1, 0.15) is 9.88 Å². The molecule has 0 aliphatic heterocycles. The lowest BCUT2D eigenvalue weighted by atomic mass is 10.2. The van der Waals surface area contributed by atoms with Gasteiger partial charge in [0, 0.05) is 25.8 Å². The Morgan fingerprint density at radius 3 is 2.56 bits per heavy atom. The minimum Gasteiger partial charge on any atom is -0.476 e. The number of aliphatic imine (C=N–C) groups is 1. The van der Waals surface area contributed by atoms with E-state index >= 15 is 0 Å². The van der Waals surface area contributed by atoms with Gasteiger partial charge in [-0.2, -0.15) is 0 Å². The number of carboxylic acid groups (broad SMARTS) is 1. The molecule has 1 heterocycles. The lowest BCUT2D eigenvalue weighted by Gasteiger charge is -1.92. The van der Waals surface area contributed by atoms with Gasteiger partial charge in [0.2, 0.25) is 0 Å². The monoisotopic (exact) mass is 264 g/mol. The van der Waals surface area contributed by atoms with Gasteiger partial charge in [-0.3, -0.25) is 9.79 Å². The summed E-state index contributed by atoms with van der Waals surface area (Å²) >= 11 is 1.04. The molecule has 1 aromatic heterocycles. The molecule has 1 aromatic rings. The standard InChI is InChI=1S/C12H12N2O3S/c1-4-8(5-6-13-3)11-14-9(12(16)17)10(18-11)7(2)15/h4-6H,1H2,2-3H3,(H,16,17)/b8-5+,13-6?. The van der Waals surface area contributed by atoms with Crippen molar-refractivity contribution in [2.75, 3.05) is 7.05 Å². The van der Waals surface area contributed by atoms with Crippen LogP contribution in [-0.2, 0) is 0 Å². The molecule has 0 aromatic carbocycles. The van der Waals surface area contributed by atoms with Crippen LogP contribution in [0.25, 0.3) is 5.57 Å². The van der Waals surface area contributed by atoms with Crippen LogP contribution in [0.15, 0.2) is 23.7 Å². The summed E-state index contributed by atoms with van der Waals surface area (Å²) in [5.41, 5.74) is 0.407. The molecule has 0 bridgehead atoms. The van der Waals surface area contributed by atoms with Crippen molar-refractivity contribution in [3.8, 4) is 0 Å². The minimum atomic E-state index is -1.21. The Kier molecular flexibility index (Phi) is 4.67. The van der Waals surface area contributed by atoms with Crippen LogP contribution in [0.4, 0.5) is 0 Å². The van der Waals surface area contributed by atoms with Crippen molar-refractivity contribution in [3.63, 3.8) is 0 Å². The molecule has 1 N–H and O–H groups in total. The maximum absolute atomic E-state index is 11.3. The van der Waals surface area contributed by atoms with Crippen LogP contribution in [0.1, 0.15) is 32.1 Å². The van der Waals surface area contributed by atoms with Crippen LogP contribution >= 0.6 is 11.3 Å². The third-order valence-electron chi connectivity index (χ3n) is 2.02. The van der Waals surface area contributed by atoms with Gasteiger partial charge in [0.05, 0.1) is 0 Å². The second-order valence-electron chi connectivity index (χ2n) is 3.29. The van der Waals surface area contributed by atoms with Crippen LogP contribution in [0, 0.1) is 0 Å². The Balaban J connectivity index is 3.35. The van der Waals surface area contributed by atoms with E-state index in [4.69, 9.17) is 5.11 Å². The summed E-state index contributed by atoms with van der Waals surface area (Å²) in [6.07, 6.45) is 4.74. The SMILES string of the molecule is C=C/C(=C\C=NC)c1nc(C(=O)O)c(C(C)=O)s1. The highest BCUT2D eigenvalue weighted by molar-refractivity contribution is 7.15. The fourth-order valence-corrected chi connectivity index (χ4v) is 2.18. The average molecular weight is 264 g/mol. The summed E-state index contributed by atoms with van der Waals surface area (Å²) in [5.74, 6) is -1.53. The Morgan fingerprint density at radius 2 is 2.17 bits per heavy atom. The van der Waals surface area contributed by atoms with Gasteiger partial charge in [-0.15, -0.1) is 11.3 Å². The fourth-order valence-electron chi connectivity index (χ4n) is 1.21. The van der Waals surface area contributed by atoms with Gasteiger partial charge in [-0.1, -0.05) is 12.7 Å². The van der Waals surface area contributed by atoms with Crippen molar-refractivity contribution < 1.29 is 14.7 Å². The molecule has 0 spiro atoms. The number of aromatic nitrogens is 1. The maximum Gasteiger partial charge on any atom is 0.356 e. The van der Waals surface area contributed by atoms with Crippen LogP contribution in [0.5, 0.6) is 0 Å². The second-order valence-corrected chi connectivity index (χ2v) is 4.29. The topological polar surface area (TPSA) is 79.6 Å². The van der Waals surface area contributed by atoms with Crippen molar-refractivity contribution in [1.82, 2.24) is 4.98 Å². The molecule has 0 saturated carbocycles. The molecule has 6 heteroatoms. The van der Waals surface area contributed by atoms with Crippen molar-refractivity contribution in [2.45, 2.75) is 6.92 Å². The molecule has 5 nitrogen and oxygen atoms in total. The maximum atomic E-state index is 11.3. The van der Waals surface area contributed by atoms with Crippen LogP contribution in [0.3, 0.4) is 0 Å². The quantitative estimate of drug-likeness (QED) is 0.503. The summed E-state index contributed by atoms with van der Waals surface area (Å²) in [5, 5.41) is 9.42. The molecule has 0 aliphatic rings. The van der Waals surface area contributed by atoms with Crippen molar-refractivity contribution in [1.29, 1.82) is 0 Å². The first-order valence-corrected chi connectivity index (χ1v) is 5.83. The molecule has 1 rings (SSSR count). The van der Waals surface area contributed by atoms with Gasteiger partial charge in [0.25, 0.3) is 0 Å². The van der Waals surface area contributed by atoms with Crippen LogP contribution in [0.2, 0.25) is 0 Å². The second kappa shape index (κ2) is 6.02. The Bertz CT molecular complexity index is 524. The molecule has 0 fully saturated rings. The third kappa shape index (κ3) is 2.98. The molecule has 0 saturated heterocycles. The first-order chi connectivity index (χ1) is 8.51. The smallest absolute Gasteiger partial charge is 0.356 e. The molecule has 0 aliphatic carbocycles. The number of nitrogens with zero attached hydrogens (tertiary/aromatic N) is 2. The predicted octanol–water partition coefficient (Wildman–Crippen LogP) is 2.31. The third-order valence-corrected chi connectivity index (χ3v) is 3.22. The van der Waals surface area contributed by atoms with E-state index in [1.165, 1.54) is 13.0 Å². The molecule has 18 heavy (non-hydrogen) atoms. The van der Waals surface area contributed by atoms with E-state index in [1.807, 2.05) is 0 Å². The van der Waals surface area contributed by atoms with Crippen molar-refractivity contribution in [3.05, 3.63) is 34.3 Å². The van der Waals surface area contributed by atoms with Gasteiger partial charge in [0.15, 0.2) is 11.5 Å². The number of aromatic carboxylic acids is 1. The highest BCUT2D eigenvalue weighted by atomic mass is 32.1. The molecular formula is C12H12N2O3S. The molecule has 94 valence electrons. The zero-order valence-corrected chi connectivity index (χ0v) is 10.8. The van der Waals surface area contributed by atoms with Gasteiger partial charge in [-0.25, -0.2) is 9.78 Å². The zero-order chi connectivity index (χ0) is 13.7. The number of Topliss-reactive ketones (excluding diaryl/α,β-unsaturated/α-hetero) is 1. The summed E-state index contributed by atoms with van der Waals surface area (Å²) in [7, 11) is 1.61. The van der Waals surface area contributed by atoms with Crippen LogP contribution in [-0.4, -0.2) is 35.1 Å². The summed E-state index contributed by atoms with van der Waals surface area (Å²) in [6.45, 7) is 4.94. The highest BCUT2D eigenvalue weighted by Crippen LogP contribution is 2.25. The number of carbonyl (C=O) groups excluding carboxylic acids is 1. The predicted molar refractivity (Wildman–Crippen MR) is 71.7 cm³/mol. The van der Waals surface area contributed by atoms with E-state index in [0.29, 0.717) is 10.6 Å².